The molecule has 1 unspecified atom stereocenters. The standard InChI is InChI=1S/C18H13O4P/c19-11-8-9-16(20)15(10-11)14-6-3-5-13-12-4-1-2-7-17(12)22-23(21)18(13)14/h1-10,19-20,23H. The van der Waals surface area contributed by atoms with Crippen molar-refractivity contribution in [2.75, 3.05) is 0 Å². The van der Waals surface area contributed by atoms with E-state index in [1.54, 1.807) is 12.1 Å². The second kappa shape index (κ2) is 5.18. The molecule has 0 bridgehead atoms. The highest BCUT2D eigenvalue weighted by molar-refractivity contribution is 7.49. The molecule has 3 aromatic carbocycles. The normalized spacial score (nSPS) is 15.4. The molecule has 0 radical (unpaired) electrons. The fraction of sp³-hybridized carbons (Fsp3) is 0. The van der Waals surface area contributed by atoms with Gasteiger partial charge < -0.3 is 14.7 Å². The molecule has 23 heavy (non-hydrogen) atoms. The van der Waals surface area contributed by atoms with Crippen molar-refractivity contribution in [2.45, 2.75) is 0 Å². The minimum Gasteiger partial charge on any atom is -0.508 e. The van der Waals surface area contributed by atoms with Gasteiger partial charge in [-0.05, 0) is 35.4 Å². The number of aromatic hydroxyl groups is 2. The van der Waals surface area contributed by atoms with Gasteiger partial charge in [0.05, 0.1) is 5.30 Å². The molecule has 2 N–H and O–H groups in total. The summed E-state index contributed by atoms with van der Waals surface area (Å²) in [6.07, 6.45) is 0. The van der Waals surface area contributed by atoms with E-state index in [0.29, 0.717) is 22.2 Å². The lowest BCUT2D eigenvalue weighted by Gasteiger charge is -2.23. The van der Waals surface area contributed by atoms with Gasteiger partial charge in [-0.3, -0.25) is 4.57 Å². The molecule has 4 rings (SSSR count). The monoisotopic (exact) mass is 324 g/mol. The molecule has 0 spiro atoms. The molecule has 0 saturated heterocycles. The van der Waals surface area contributed by atoms with E-state index in [4.69, 9.17) is 4.52 Å². The molecule has 1 aliphatic rings. The minimum absolute atomic E-state index is 0.0184. The average molecular weight is 324 g/mol. The summed E-state index contributed by atoms with van der Waals surface area (Å²) in [7, 11) is -2.51. The first-order chi connectivity index (χ1) is 11.1. The maximum atomic E-state index is 12.7. The molecule has 0 aromatic heterocycles. The fourth-order valence-electron chi connectivity index (χ4n) is 2.89. The number of rotatable bonds is 1. The van der Waals surface area contributed by atoms with Crippen molar-refractivity contribution in [3.05, 3.63) is 60.7 Å². The third-order valence-electron chi connectivity index (χ3n) is 3.92. The number of benzene rings is 3. The van der Waals surface area contributed by atoms with Crippen molar-refractivity contribution in [1.82, 2.24) is 0 Å². The maximum absolute atomic E-state index is 12.7. The zero-order valence-electron chi connectivity index (χ0n) is 12.0. The number of phenolic OH excluding ortho intramolecular Hbond substituents is 2. The summed E-state index contributed by atoms with van der Waals surface area (Å²) in [5, 5.41) is 20.4. The second-order valence-electron chi connectivity index (χ2n) is 5.32. The van der Waals surface area contributed by atoms with Crippen molar-refractivity contribution >= 4 is 13.3 Å². The van der Waals surface area contributed by atoms with Gasteiger partial charge >= 0.3 is 0 Å². The molecule has 1 heterocycles. The molecule has 1 aliphatic heterocycles. The summed E-state index contributed by atoms with van der Waals surface area (Å²) in [6.45, 7) is 0. The van der Waals surface area contributed by atoms with Crippen LogP contribution in [0, 0.1) is 0 Å². The van der Waals surface area contributed by atoms with Gasteiger partial charge in [0.25, 0.3) is 8.03 Å². The van der Waals surface area contributed by atoms with Crippen molar-refractivity contribution in [2.24, 2.45) is 0 Å². The molecule has 0 saturated carbocycles. The minimum atomic E-state index is -2.51. The van der Waals surface area contributed by atoms with E-state index in [9.17, 15) is 14.8 Å². The van der Waals surface area contributed by atoms with E-state index in [1.807, 2.05) is 30.3 Å². The molecule has 0 aliphatic carbocycles. The van der Waals surface area contributed by atoms with Crippen LogP contribution in [-0.4, -0.2) is 10.2 Å². The van der Waals surface area contributed by atoms with Crippen LogP contribution in [0.3, 0.4) is 0 Å². The quantitative estimate of drug-likeness (QED) is 0.526. The molecule has 1 atom stereocenters. The largest absolute Gasteiger partial charge is 0.508 e. The number of phenols is 2. The highest BCUT2D eigenvalue weighted by atomic mass is 31.1. The van der Waals surface area contributed by atoms with Crippen LogP contribution in [0.15, 0.2) is 60.7 Å². The Balaban J connectivity index is 2.03. The maximum Gasteiger partial charge on any atom is 0.267 e. The molecular weight excluding hydrogens is 311 g/mol. The Hall–Kier alpha value is -2.71. The molecule has 4 nitrogen and oxygen atoms in total. The molecule has 0 fully saturated rings. The summed E-state index contributed by atoms with van der Waals surface area (Å²) in [5.41, 5.74) is 2.74. The number of hydrogen-bond donors (Lipinski definition) is 2. The van der Waals surface area contributed by atoms with Crippen molar-refractivity contribution < 1.29 is 19.3 Å². The number of para-hydroxylation sites is 1. The molecule has 0 amide bonds. The van der Waals surface area contributed by atoms with E-state index < -0.39 is 8.03 Å². The van der Waals surface area contributed by atoms with Crippen LogP contribution < -0.4 is 9.83 Å². The summed E-state index contributed by atoms with van der Waals surface area (Å²) >= 11 is 0. The van der Waals surface area contributed by atoms with Crippen LogP contribution >= 0.6 is 8.03 Å². The fourth-order valence-corrected chi connectivity index (χ4v) is 4.25. The van der Waals surface area contributed by atoms with Crippen LogP contribution in [0.5, 0.6) is 17.2 Å². The highest BCUT2D eigenvalue weighted by Crippen LogP contribution is 2.46. The summed E-state index contributed by atoms with van der Waals surface area (Å²) in [6, 6.07) is 17.2. The lowest BCUT2D eigenvalue weighted by atomic mass is 9.97. The summed E-state index contributed by atoms with van der Waals surface area (Å²) in [4.78, 5) is 0. The third-order valence-corrected chi connectivity index (χ3v) is 5.27. The van der Waals surface area contributed by atoms with Crippen LogP contribution in [0.4, 0.5) is 0 Å². The predicted molar refractivity (Wildman–Crippen MR) is 89.9 cm³/mol. The highest BCUT2D eigenvalue weighted by Gasteiger charge is 2.26. The van der Waals surface area contributed by atoms with E-state index in [1.165, 1.54) is 18.2 Å². The second-order valence-corrected chi connectivity index (χ2v) is 6.59. The summed E-state index contributed by atoms with van der Waals surface area (Å²) in [5.74, 6) is 0.651. The SMILES string of the molecule is O=[PH]1Oc2ccccc2-c2cccc(-c3cc(O)ccc3O)c21. The lowest BCUT2D eigenvalue weighted by molar-refractivity contribution is 0.462. The Bertz CT molecular complexity index is 950. The smallest absolute Gasteiger partial charge is 0.267 e. The predicted octanol–water partition coefficient (Wildman–Crippen LogP) is 3.92. The van der Waals surface area contributed by atoms with Gasteiger partial charge in [0.1, 0.15) is 17.2 Å². The first-order valence-corrected chi connectivity index (χ1v) is 8.44. The van der Waals surface area contributed by atoms with E-state index >= 15 is 0 Å². The lowest BCUT2D eigenvalue weighted by Crippen LogP contribution is -2.13. The Morgan fingerprint density at radius 2 is 1.48 bits per heavy atom. The molecule has 3 aromatic rings. The Kier molecular flexibility index (Phi) is 3.14. The molecule has 5 heteroatoms. The van der Waals surface area contributed by atoms with Crippen molar-refractivity contribution in [3.8, 4) is 39.5 Å². The Morgan fingerprint density at radius 3 is 2.30 bits per heavy atom. The third kappa shape index (κ3) is 2.19. The van der Waals surface area contributed by atoms with Gasteiger partial charge in [-0.25, -0.2) is 0 Å². The summed E-state index contributed by atoms with van der Waals surface area (Å²) < 4.78 is 18.3. The van der Waals surface area contributed by atoms with Crippen LogP contribution in [-0.2, 0) is 4.57 Å². The van der Waals surface area contributed by atoms with Crippen molar-refractivity contribution in [3.63, 3.8) is 0 Å². The van der Waals surface area contributed by atoms with Gasteiger partial charge in [0.15, 0.2) is 0 Å². The van der Waals surface area contributed by atoms with Gasteiger partial charge in [-0.1, -0.05) is 36.4 Å². The van der Waals surface area contributed by atoms with Crippen LogP contribution in [0.25, 0.3) is 22.3 Å². The zero-order valence-corrected chi connectivity index (χ0v) is 13.0. The first-order valence-electron chi connectivity index (χ1n) is 7.12. The van der Waals surface area contributed by atoms with Gasteiger partial charge in [-0.2, -0.15) is 0 Å². The zero-order chi connectivity index (χ0) is 16.0. The molecular formula is C18H13O4P. The number of hydrogen-bond acceptors (Lipinski definition) is 4. The molecule has 114 valence electrons. The first kappa shape index (κ1) is 13.9. The topological polar surface area (TPSA) is 66.8 Å². The average Bonchev–Trinajstić information content (AvgIpc) is 2.57. The Labute approximate surface area is 133 Å². The van der Waals surface area contributed by atoms with Gasteiger partial charge in [-0.15, -0.1) is 0 Å². The van der Waals surface area contributed by atoms with Crippen LogP contribution in [0.2, 0.25) is 0 Å². The van der Waals surface area contributed by atoms with Crippen molar-refractivity contribution in [1.29, 1.82) is 0 Å². The van der Waals surface area contributed by atoms with Gasteiger partial charge in [0.2, 0.25) is 0 Å². The van der Waals surface area contributed by atoms with E-state index in [2.05, 4.69) is 0 Å². The van der Waals surface area contributed by atoms with E-state index in [0.717, 1.165) is 11.1 Å². The van der Waals surface area contributed by atoms with Gasteiger partial charge in [0, 0.05) is 11.1 Å². The Morgan fingerprint density at radius 1 is 0.783 bits per heavy atom. The number of fused-ring (bicyclic) bond motifs is 3. The van der Waals surface area contributed by atoms with Crippen LogP contribution in [0.1, 0.15) is 0 Å². The van der Waals surface area contributed by atoms with E-state index in [-0.39, 0.29) is 11.5 Å².